The second-order valence-electron chi connectivity index (χ2n) is 4.99. The number of nitrogens with one attached hydrogen (secondary N) is 1. The molecule has 2 rings (SSSR count). The van der Waals surface area contributed by atoms with E-state index in [0.717, 1.165) is 11.1 Å². The smallest absolute Gasteiger partial charge is 0.245 e. The number of rotatable bonds is 3. The molecule has 1 aliphatic heterocycles. The fourth-order valence-corrected chi connectivity index (χ4v) is 2.41. The first kappa shape index (κ1) is 13.5. The molecule has 5 nitrogen and oxygen atoms in total. The molecule has 2 amide bonds. The van der Waals surface area contributed by atoms with E-state index in [0.29, 0.717) is 13.0 Å². The summed E-state index contributed by atoms with van der Waals surface area (Å²) in [6.45, 7) is 6.02. The molecule has 1 saturated heterocycles. The zero-order valence-electron chi connectivity index (χ0n) is 11.5. The summed E-state index contributed by atoms with van der Waals surface area (Å²) in [4.78, 5) is 29.9. The summed E-state index contributed by atoms with van der Waals surface area (Å²) in [5, 5.41) is 2.71. The topological polar surface area (TPSA) is 62.3 Å². The molecule has 2 atom stereocenters. The van der Waals surface area contributed by atoms with Gasteiger partial charge < -0.3 is 10.2 Å². The van der Waals surface area contributed by atoms with Crippen molar-refractivity contribution in [3.8, 4) is 0 Å². The quantitative estimate of drug-likeness (QED) is 0.883. The molecule has 1 fully saturated rings. The van der Waals surface area contributed by atoms with Gasteiger partial charge in [-0.3, -0.25) is 14.6 Å². The molecule has 0 spiro atoms. The molecule has 1 N–H and O–H groups in total. The number of pyridine rings is 1. The summed E-state index contributed by atoms with van der Waals surface area (Å²) in [7, 11) is 0. The average molecular weight is 261 g/mol. The van der Waals surface area contributed by atoms with E-state index in [1.807, 2.05) is 19.9 Å². The molecule has 0 saturated carbocycles. The van der Waals surface area contributed by atoms with Crippen LogP contribution in [0.3, 0.4) is 0 Å². The van der Waals surface area contributed by atoms with Gasteiger partial charge in [0.15, 0.2) is 0 Å². The van der Waals surface area contributed by atoms with Crippen molar-refractivity contribution in [2.45, 2.75) is 45.8 Å². The predicted molar refractivity (Wildman–Crippen MR) is 71.2 cm³/mol. The second kappa shape index (κ2) is 5.38. The van der Waals surface area contributed by atoms with Crippen LogP contribution in [-0.4, -0.2) is 33.8 Å². The van der Waals surface area contributed by atoms with Crippen LogP contribution in [0.4, 0.5) is 0 Å². The highest BCUT2D eigenvalue weighted by molar-refractivity contribution is 5.96. The number of hydrogen-bond donors (Lipinski definition) is 1. The highest BCUT2D eigenvalue weighted by Gasteiger charge is 2.37. The molecule has 0 aliphatic carbocycles. The van der Waals surface area contributed by atoms with Crippen LogP contribution in [0.1, 0.15) is 31.4 Å². The van der Waals surface area contributed by atoms with Crippen molar-refractivity contribution < 1.29 is 9.59 Å². The lowest BCUT2D eigenvalue weighted by atomic mass is 10.0. The van der Waals surface area contributed by atoms with E-state index < -0.39 is 6.04 Å². The molecule has 19 heavy (non-hydrogen) atoms. The summed E-state index contributed by atoms with van der Waals surface area (Å²) in [6, 6.07) is 1.15. The third-order valence-corrected chi connectivity index (χ3v) is 3.36. The molecule has 2 unspecified atom stereocenters. The summed E-state index contributed by atoms with van der Waals surface area (Å²) in [5.41, 5.74) is 2.00. The Bertz CT molecular complexity index is 501. The number of carbonyl (C=O) groups excluding carboxylic acids is 2. The van der Waals surface area contributed by atoms with Crippen molar-refractivity contribution in [1.29, 1.82) is 0 Å². The van der Waals surface area contributed by atoms with Gasteiger partial charge in [-0.25, -0.2) is 0 Å². The zero-order valence-corrected chi connectivity index (χ0v) is 11.5. The van der Waals surface area contributed by atoms with E-state index in [2.05, 4.69) is 10.3 Å². The van der Waals surface area contributed by atoms with Gasteiger partial charge in [0.1, 0.15) is 12.1 Å². The third-order valence-electron chi connectivity index (χ3n) is 3.36. The van der Waals surface area contributed by atoms with Gasteiger partial charge in [0, 0.05) is 18.9 Å². The van der Waals surface area contributed by atoms with E-state index in [1.54, 1.807) is 24.2 Å². The van der Waals surface area contributed by atoms with Gasteiger partial charge in [0.25, 0.3) is 0 Å². The van der Waals surface area contributed by atoms with Crippen molar-refractivity contribution in [1.82, 2.24) is 15.2 Å². The fourth-order valence-electron chi connectivity index (χ4n) is 2.41. The highest BCUT2D eigenvalue weighted by atomic mass is 16.2. The number of hydrogen-bond acceptors (Lipinski definition) is 3. The Morgan fingerprint density at radius 1 is 1.37 bits per heavy atom. The van der Waals surface area contributed by atoms with Crippen molar-refractivity contribution in [2.24, 2.45) is 0 Å². The standard InChI is InChI=1S/C14H19N3O2/c1-4-12-13(18)16-10(3)14(19)17(12)8-11-5-9(2)6-15-7-11/h5-7,10,12H,4,8H2,1-3H3,(H,16,18). The Morgan fingerprint density at radius 3 is 2.74 bits per heavy atom. The Kier molecular flexibility index (Phi) is 3.83. The van der Waals surface area contributed by atoms with Gasteiger partial charge >= 0.3 is 0 Å². The molecule has 1 aromatic rings. The first-order chi connectivity index (χ1) is 9.02. The van der Waals surface area contributed by atoms with Crippen LogP contribution in [-0.2, 0) is 16.1 Å². The Labute approximate surface area is 113 Å². The van der Waals surface area contributed by atoms with Crippen LogP contribution in [0.15, 0.2) is 18.5 Å². The van der Waals surface area contributed by atoms with Crippen LogP contribution in [0.25, 0.3) is 0 Å². The first-order valence-electron chi connectivity index (χ1n) is 6.54. The molecule has 2 heterocycles. The molecule has 5 heteroatoms. The normalized spacial score (nSPS) is 23.4. The van der Waals surface area contributed by atoms with Crippen molar-refractivity contribution in [2.75, 3.05) is 0 Å². The summed E-state index contributed by atoms with van der Waals surface area (Å²) >= 11 is 0. The lowest BCUT2D eigenvalue weighted by Gasteiger charge is -2.37. The number of aryl methyl sites for hydroxylation is 1. The molecule has 1 aliphatic rings. The number of aromatic nitrogens is 1. The predicted octanol–water partition coefficient (Wildman–Crippen LogP) is 1.02. The first-order valence-corrected chi connectivity index (χ1v) is 6.54. The second-order valence-corrected chi connectivity index (χ2v) is 4.99. The molecular formula is C14H19N3O2. The van der Waals surface area contributed by atoms with Crippen molar-refractivity contribution in [3.05, 3.63) is 29.6 Å². The molecular weight excluding hydrogens is 242 g/mol. The van der Waals surface area contributed by atoms with E-state index in [1.165, 1.54) is 0 Å². The van der Waals surface area contributed by atoms with Gasteiger partial charge in [-0.05, 0) is 31.4 Å². The van der Waals surface area contributed by atoms with Gasteiger partial charge in [0.05, 0.1) is 0 Å². The minimum atomic E-state index is -0.451. The van der Waals surface area contributed by atoms with E-state index >= 15 is 0 Å². The largest absolute Gasteiger partial charge is 0.343 e. The monoisotopic (exact) mass is 261 g/mol. The number of carbonyl (C=O) groups is 2. The number of piperazine rings is 1. The van der Waals surface area contributed by atoms with Crippen LogP contribution in [0, 0.1) is 6.92 Å². The number of amides is 2. The molecule has 102 valence electrons. The highest BCUT2D eigenvalue weighted by Crippen LogP contribution is 2.17. The summed E-state index contributed by atoms with van der Waals surface area (Å²) in [6.07, 6.45) is 4.13. The van der Waals surface area contributed by atoms with Crippen LogP contribution in [0.2, 0.25) is 0 Å². The minimum Gasteiger partial charge on any atom is -0.343 e. The Balaban J connectivity index is 2.24. The SMILES string of the molecule is CCC1C(=O)NC(C)C(=O)N1Cc1cncc(C)c1. The van der Waals surface area contributed by atoms with Gasteiger partial charge in [0.2, 0.25) is 11.8 Å². The van der Waals surface area contributed by atoms with E-state index in [-0.39, 0.29) is 17.9 Å². The fraction of sp³-hybridized carbons (Fsp3) is 0.500. The molecule has 0 aromatic carbocycles. The Morgan fingerprint density at radius 2 is 2.11 bits per heavy atom. The van der Waals surface area contributed by atoms with Gasteiger partial charge in [-0.2, -0.15) is 0 Å². The maximum absolute atomic E-state index is 12.2. The van der Waals surface area contributed by atoms with Crippen LogP contribution < -0.4 is 5.32 Å². The zero-order chi connectivity index (χ0) is 14.0. The van der Waals surface area contributed by atoms with Crippen molar-refractivity contribution in [3.63, 3.8) is 0 Å². The maximum atomic E-state index is 12.2. The third kappa shape index (κ3) is 2.75. The van der Waals surface area contributed by atoms with E-state index in [4.69, 9.17) is 0 Å². The van der Waals surface area contributed by atoms with Gasteiger partial charge in [-0.15, -0.1) is 0 Å². The van der Waals surface area contributed by atoms with Gasteiger partial charge in [-0.1, -0.05) is 13.0 Å². The maximum Gasteiger partial charge on any atom is 0.245 e. The lowest BCUT2D eigenvalue weighted by Crippen LogP contribution is -2.61. The summed E-state index contributed by atoms with van der Waals surface area (Å²) < 4.78 is 0. The van der Waals surface area contributed by atoms with Crippen LogP contribution >= 0.6 is 0 Å². The Hall–Kier alpha value is -1.91. The molecule has 1 aromatic heterocycles. The van der Waals surface area contributed by atoms with Crippen LogP contribution in [0.5, 0.6) is 0 Å². The number of nitrogens with zero attached hydrogens (tertiary/aromatic N) is 2. The minimum absolute atomic E-state index is 0.0343. The summed E-state index contributed by atoms with van der Waals surface area (Å²) in [5.74, 6) is -0.108. The molecule has 0 bridgehead atoms. The lowest BCUT2D eigenvalue weighted by molar-refractivity contribution is -0.149. The molecule has 0 radical (unpaired) electrons. The van der Waals surface area contributed by atoms with Crippen molar-refractivity contribution >= 4 is 11.8 Å². The van der Waals surface area contributed by atoms with E-state index in [9.17, 15) is 9.59 Å². The average Bonchev–Trinajstić information content (AvgIpc) is 2.36.